The molecule has 0 radical (unpaired) electrons. The highest BCUT2D eigenvalue weighted by atomic mass is 16.5. The Morgan fingerprint density at radius 2 is 2.05 bits per heavy atom. The molecule has 2 rings (SSSR count). The predicted molar refractivity (Wildman–Crippen MR) is 82.7 cm³/mol. The van der Waals surface area contributed by atoms with Crippen molar-refractivity contribution in [1.82, 2.24) is 4.98 Å². The van der Waals surface area contributed by atoms with E-state index in [1.54, 1.807) is 6.20 Å². The molecule has 2 N–H and O–H groups in total. The van der Waals surface area contributed by atoms with E-state index in [1.807, 2.05) is 6.20 Å². The molecule has 0 aromatic carbocycles. The van der Waals surface area contributed by atoms with Crippen molar-refractivity contribution in [2.24, 2.45) is 17.6 Å². The van der Waals surface area contributed by atoms with Crippen molar-refractivity contribution in [3.05, 3.63) is 24.0 Å². The molecule has 3 nitrogen and oxygen atoms in total. The maximum atomic E-state index is 6.64. The zero-order chi connectivity index (χ0) is 14.6. The summed E-state index contributed by atoms with van der Waals surface area (Å²) in [6, 6.07) is 2.08. The SMILES string of the molecule is CCCOc1cncc(C2(N)CCC(C(C)C)CC2)c1. The third-order valence-corrected chi connectivity index (χ3v) is 4.63. The van der Waals surface area contributed by atoms with E-state index in [0.717, 1.165) is 49.0 Å². The van der Waals surface area contributed by atoms with Crippen LogP contribution in [0.5, 0.6) is 5.75 Å². The van der Waals surface area contributed by atoms with Crippen LogP contribution in [0.3, 0.4) is 0 Å². The highest BCUT2D eigenvalue weighted by molar-refractivity contribution is 5.29. The van der Waals surface area contributed by atoms with E-state index in [9.17, 15) is 0 Å². The van der Waals surface area contributed by atoms with Gasteiger partial charge in [-0.1, -0.05) is 20.8 Å². The number of pyridine rings is 1. The van der Waals surface area contributed by atoms with Gasteiger partial charge in [-0.15, -0.1) is 0 Å². The van der Waals surface area contributed by atoms with E-state index >= 15 is 0 Å². The first-order valence-electron chi connectivity index (χ1n) is 7.92. The average molecular weight is 276 g/mol. The molecule has 1 aromatic heterocycles. The van der Waals surface area contributed by atoms with Gasteiger partial charge in [-0.3, -0.25) is 4.98 Å². The lowest BCUT2D eigenvalue weighted by Crippen LogP contribution is -2.41. The Bertz CT molecular complexity index is 423. The standard InChI is InChI=1S/C17H28N2O/c1-4-9-20-16-10-15(11-19-12-16)17(18)7-5-14(6-8-17)13(2)3/h10-14H,4-9,18H2,1-3H3. The van der Waals surface area contributed by atoms with Gasteiger partial charge in [0.2, 0.25) is 0 Å². The summed E-state index contributed by atoms with van der Waals surface area (Å²) < 4.78 is 5.67. The minimum Gasteiger partial charge on any atom is -0.492 e. The van der Waals surface area contributed by atoms with Crippen molar-refractivity contribution in [1.29, 1.82) is 0 Å². The predicted octanol–water partition coefficient (Wildman–Crippen LogP) is 3.87. The maximum absolute atomic E-state index is 6.64. The first-order valence-corrected chi connectivity index (χ1v) is 7.92. The zero-order valence-electron chi connectivity index (χ0n) is 13.1. The van der Waals surface area contributed by atoms with Crippen LogP contribution < -0.4 is 10.5 Å². The highest BCUT2D eigenvalue weighted by Gasteiger charge is 2.34. The van der Waals surface area contributed by atoms with Gasteiger partial charge in [0, 0.05) is 11.7 Å². The summed E-state index contributed by atoms with van der Waals surface area (Å²) in [5, 5.41) is 0. The Labute approximate surface area is 122 Å². The molecule has 20 heavy (non-hydrogen) atoms. The third kappa shape index (κ3) is 3.51. The number of hydrogen-bond donors (Lipinski definition) is 1. The second kappa shape index (κ2) is 6.57. The fourth-order valence-corrected chi connectivity index (χ4v) is 3.10. The van der Waals surface area contributed by atoms with Gasteiger partial charge in [-0.05, 0) is 55.6 Å². The van der Waals surface area contributed by atoms with Gasteiger partial charge in [0.1, 0.15) is 5.75 Å². The van der Waals surface area contributed by atoms with Crippen molar-refractivity contribution in [3.63, 3.8) is 0 Å². The molecule has 1 aliphatic rings. The molecule has 1 heterocycles. The number of nitrogens with two attached hydrogens (primary N) is 1. The molecule has 112 valence electrons. The van der Waals surface area contributed by atoms with Crippen LogP contribution in [0.15, 0.2) is 18.5 Å². The number of ether oxygens (including phenoxy) is 1. The molecule has 1 aromatic rings. The molecular weight excluding hydrogens is 248 g/mol. The first-order chi connectivity index (χ1) is 9.55. The van der Waals surface area contributed by atoms with Crippen molar-refractivity contribution in [3.8, 4) is 5.75 Å². The number of aromatic nitrogens is 1. The maximum Gasteiger partial charge on any atom is 0.137 e. The van der Waals surface area contributed by atoms with Crippen molar-refractivity contribution >= 4 is 0 Å². The molecule has 0 spiro atoms. The Morgan fingerprint density at radius 3 is 2.65 bits per heavy atom. The summed E-state index contributed by atoms with van der Waals surface area (Å²) in [6.45, 7) is 7.47. The summed E-state index contributed by atoms with van der Waals surface area (Å²) in [5.74, 6) is 2.43. The van der Waals surface area contributed by atoms with Gasteiger partial charge in [-0.2, -0.15) is 0 Å². The first kappa shape index (κ1) is 15.3. The van der Waals surface area contributed by atoms with Gasteiger partial charge in [0.15, 0.2) is 0 Å². The summed E-state index contributed by atoms with van der Waals surface area (Å²) >= 11 is 0. The smallest absolute Gasteiger partial charge is 0.137 e. The lowest BCUT2D eigenvalue weighted by molar-refractivity contribution is 0.195. The fraction of sp³-hybridized carbons (Fsp3) is 0.706. The second-order valence-corrected chi connectivity index (χ2v) is 6.50. The number of hydrogen-bond acceptors (Lipinski definition) is 3. The number of rotatable bonds is 5. The fourth-order valence-electron chi connectivity index (χ4n) is 3.10. The molecule has 1 fully saturated rings. The normalized spacial score (nSPS) is 26.8. The third-order valence-electron chi connectivity index (χ3n) is 4.63. The van der Waals surface area contributed by atoms with Crippen LogP contribution in [0.4, 0.5) is 0 Å². The molecule has 0 saturated heterocycles. The van der Waals surface area contributed by atoms with E-state index in [1.165, 1.54) is 12.8 Å². The van der Waals surface area contributed by atoms with E-state index in [2.05, 4.69) is 31.8 Å². The second-order valence-electron chi connectivity index (χ2n) is 6.50. The molecule has 0 atom stereocenters. The monoisotopic (exact) mass is 276 g/mol. The summed E-state index contributed by atoms with van der Waals surface area (Å²) in [4.78, 5) is 4.31. The van der Waals surface area contributed by atoms with E-state index in [0.29, 0.717) is 0 Å². The van der Waals surface area contributed by atoms with Crippen LogP contribution in [0.1, 0.15) is 58.4 Å². The lowest BCUT2D eigenvalue weighted by Gasteiger charge is -2.38. The van der Waals surface area contributed by atoms with Crippen LogP contribution in [-0.2, 0) is 5.54 Å². The molecule has 0 unspecified atom stereocenters. The van der Waals surface area contributed by atoms with Crippen LogP contribution in [0.2, 0.25) is 0 Å². The van der Waals surface area contributed by atoms with E-state index in [4.69, 9.17) is 10.5 Å². The van der Waals surface area contributed by atoms with E-state index in [-0.39, 0.29) is 5.54 Å². The largest absolute Gasteiger partial charge is 0.492 e. The van der Waals surface area contributed by atoms with Gasteiger partial charge < -0.3 is 10.5 Å². The van der Waals surface area contributed by atoms with E-state index < -0.39 is 0 Å². The molecule has 0 aliphatic heterocycles. The molecule has 0 bridgehead atoms. The van der Waals surface area contributed by atoms with Crippen LogP contribution in [0.25, 0.3) is 0 Å². The minimum atomic E-state index is -0.218. The minimum absolute atomic E-state index is 0.218. The van der Waals surface area contributed by atoms with Crippen molar-refractivity contribution < 1.29 is 4.74 Å². The number of nitrogens with zero attached hydrogens (tertiary/aromatic N) is 1. The van der Waals surface area contributed by atoms with Gasteiger partial charge >= 0.3 is 0 Å². The Balaban J connectivity index is 2.07. The van der Waals surface area contributed by atoms with Crippen LogP contribution in [-0.4, -0.2) is 11.6 Å². The van der Waals surface area contributed by atoms with Gasteiger partial charge in [-0.25, -0.2) is 0 Å². The van der Waals surface area contributed by atoms with Gasteiger partial charge in [0.05, 0.1) is 12.8 Å². The lowest BCUT2D eigenvalue weighted by atomic mass is 9.71. The quantitative estimate of drug-likeness (QED) is 0.888. The molecule has 1 aliphatic carbocycles. The molecule has 0 amide bonds. The van der Waals surface area contributed by atoms with Crippen molar-refractivity contribution in [2.45, 2.75) is 58.4 Å². The summed E-state index contributed by atoms with van der Waals surface area (Å²) in [6.07, 6.45) is 9.23. The topological polar surface area (TPSA) is 48.1 Å². The highest BCUT2D eigenvalue weighted by Crippen LogP contribution is 2.40. The van der Waals surface area contributed by atoms with Gasteiger partial charge in [0.25, 0.3) is 0 Å². The Kier molecular flexibility index (Phi) is 5.03. The summed E-state index contributed by atoms with van der Waals surface area (Å²) in [5.41, 5.74) is 7.56. The average Bonchev–Trinajstić information content (AvgIpc) is 2.46. The Hall–Kier alpha value is -1.09. The summed E-state index contributed by atoms with van der Waals surface area (Å²) in [7, 11) is 0. The molecule has 1 saturated carbocycles. The van der Waals surface area contributed by atoms with Crippen LogP contribution in [0, 0.1) is 11.8 Å². The van der Waals surface area contributed by atoms with Crippen LogP contribution >= 0.6 is 0 Å². The van der Waals surface area contributed by atoms with Crippen molar-refractivity contribution in [2.75, 3.05) is 6.61 Å². The Morgan fingerprint density at radius 1 is 1.35 bits per heavy atom. The molecular formula is C17H28N2O. The molecule has 3 heteroatoms. The zero-order valence-corrected chi connectivity index (χ0v) is 13.1.